The number of ether oxygens (including phenoxy) is 2. The van der Waals surface area contributed by atoms with Crippen LogP contribution in [0.25, 0.3) is 0 Å². The fourth-order valence-electron chi connectivity index (χ4n) is 3.23. The van der Waals surface area contributed by atoms with Gasteiger partial charge in [-0.15, -0.1) is 12.4 Å². The van der Waals surface area contributed by atoms with Crippen molar-refractivity contribution < 1.29 is 18.7 Å². The summed E-state index contributed by atoms with van der Waals surface area (Å²) in [6.45, 7) is 2.31. The van der Waals surface area contributed by atoms with E-state index in [1.54, 1.807) is 20.3 Å². The number of halogens is 1. The Morgan fingerprint density at radius 1 is 1.10 bits per heavy atom. The molecule has 1 amide bonds. The largest absolute Gasteiger partial charge is 0.493 e. The molecule has 7 heteroatoms. The first-order chi connectivity index (χ1) is 14.0. The normalized spacial score (nSPS) is 11.3. The van der Waals surface area contributed by atoms with Crippen LogP contribution in [0.5, 0.6) is 11.5 Å². The van der Waals surface area contributed by atoms with E-state index in [1.165, 1.54) is 11.8 Å². The molecule has 3 N–H and O–H groups in total. The Kier molecular flexibility index (Phi) is 8.33. The Labute approximate surface area is 182 Å². The van der Waals surface area contributed by atoms with Gasteiger partial charge in [-0.1, -0.05) is 30.3 Å². The van der Waals surface area contributed by atoms with Crippen molar-refractivity contribution in [2.45, 2.75) is 25.9 Å². The van der Waals surface area contributed by atoms with Gasteiger partial charge in [-0.3, -0.25) is 4.79 Å². The average molecular weight is 431 g/mol. The van der Waals surface area contributed by atoms with Crippen molar-refractivity contribution in [3.05, 3.63) is 82.8 Å². The maximum Gasteiger partial charge on any atom is 0.255 e. The Hall–Kier alpha value is -2.96. The van der Waals surface area contributed by atoms with E-state index in [-0.39, 0.29) is 30.9 Å². The highest BCUT2D eigenvalue weighted by atomic mass is 35.5. The second-order valence-electron chi connectivity index (χ2n) is 6.78. The first-order valence-corrected chi connectivity index (χ1v) is 9.40. The molecule has 0 radical (unpaired) electrons. The van der Waals surface area contributed by atoms with Gasteiger partial charge in [-0.05, 0) is 48.2 Å². The van der Waals surface area contributed by atoms with Crippen LogP contribution in [0.3, 0.4) is 0 Å². The Morgan fingerprint density at radius 3 is 2.47 bits per heavy atom. The fraction of sp³-hybridized carbons (Fsp3) is 0.261. The molecule has 0 aliphatic heterocycles. The van der Waals surface area contributed by atoms with E-state index in [2.05, 4.69) is 24.4 Å². The van der Waals surface area contributed by atoms with Crippen molar-refractivity contribution in [1.29, 1.82) is 0 Å². The van der Waals surface area contributed by atoms with Gasteiger partial charge in [0.1, 0.15) is 12.0 Å². The number of carbonyl (C=O) groups excluding carboxylic acids is 1. The van der Waals surface area contributed by atoms with Crippen molar-refractivity contribution in [3.8, 4) is 11.5 Å². The van der Waals surface area contributed by atoms with Gasteiger partial charge in [0, 0.05) is 0 Å². The number of amides is 1. The van der Waals surface area contributed by atoms with Crippen molar-refractivity contribution in [2.24, 2.45) is 5.73 Å². The second kappa shape index (κ2) is 10.7. The molecule has 0 aliphatic carbocycles. The van der Waals surface area contributed by atoms with Gasteiger partial charge < -0.3 is 24.9 Å². The van der Waals surface area contributed by atoms with Gasteiger partial charge in [0.25, 0.3) is 5.91 Å². The van der Waals surface area contributed by atoms with Crippen LogP contribution in [0.2, 0.25) is 0 Å². The SMILES string of the molecule is COc1ccc(C(Cc2ccccc2C)NC(=O)c2coc(CN)c2)cc1OC.Cl. The molecule has 2 aromatic carbocycles. The van der Waals surface area contributed by atoms with E-state index in [9.17, 15) is 4.79 Å². The zero-order valence-corrected chi connectivity index (χ0v) is 18.1. The van der Waals surface area contributed by atoms with Gasteiger partial charge >= 0.3 is 0 Å². The van der Waals surface area contributed by atoms with E-state index in [1.807, 2.05) is 30.3 Å². The molecule has 0 bridgehead atoms. The summed E-state index contributed by atoms with van der Waals surface area (Å²) in [6.07, 6.45) is 2.06. The topological polar surface area (TPSA) is 86.7 Å². The lowest BCUT2D eigenvalue weighted by Crippen LogP contribution is -2.30. The molecule has 1 aromatic heterocycles. The summed E-state index contributed by atoms with van der Waals surface area (Å²) in [5.41, 5.74) is 9.27. The second-order valence-corrected chi connectivity index (χ2v) is 6.78. The van der Waals surface area contributed by atoms with Crippen molar-refractivity contribution in [3.63, 3.8) is 0 Å². The molecule has 0 saturated carbocycles. The lowest BCUT2D eigenvalue weighted by Gasteiger charge is -2.21. The Balaban J connectivity index is 0.00000320. The summed E-state index contributed by atoms with van der Waals surface area (Å²) < 4.78 is 16.1. The van der Waals surface area contributed by atoms with Crippen molar-refractivity contribution in [1.82, 2.24) is 5.32 Å². The number of methoxy groups -OCH3 is 2. The zero-order valence-electron chi connectivity index (χ0n) is 17.3. The molecule has 1 atom stereocenters. The molecule has 0 spiro atoms. The van der Waals surface area contributed by atoms with Gasteiger partial charge in [0.15, 0.2) is 11.5 Å². The molecule has 3 aromatic rings. The minimum Gasteiger partial charge on any atom is -0.493 e. The number of furan rings is 1. The highest BCUT2D eigenvalue weighted by molar-refractivity contribution is 5.94. The van der Waals surface area contributed by atoms with E-state index in [0.717, 1.165) is 11.1 Å². The molecule has 160 valence electrons. The number of nitrogens with one attached hydrogen (secondary N) is 1. The first-order valence-electron chi connectivity index (χ1n) is 9.40. The van der Waals surface area contributed by atoms with Crippen LogP contribution in [0.15, 0.2) is 59.2 Å². The maximum atomic E-state index is 12.8. The van der Waals surface area contributed by atoms with E-state index >= 15 is 0 Å². The molecule has 0 aliphatic rings. The third kappa shape index (κ3) is 5.34. The maximum absolute atomic E-state index is 12.8. The summed E-state index contributed by atoms with van der Waals surface area (Å²) in [6, 6.07) is 15.2. The highest BCUT2D eigenvalue weighted by Crippen LogP contribution is 2.31. The first kappa shape index (κ1) is 23.3. The molecule has 0 saturated heterocycles. The van der Waals surface area contributed by atoms with E-state index in [0.29, 0.717) is 29.2 Å². The van der Waals surface area contributed by atoms with Gasteiger partial charge in [-0.25, -0.2) is 0 Å². The molecule has 3 rings (SSSR count). The summed E-state index contributed by atoms with van der Waals surface area (Å²) in [7, 11) is 3.19. The van der Waals surface area contributed by atoms with Crippen LogP contribution in [0.4, 0.5) is 0 Å². The molecule has 6 nitrogen and oxygen atoms in total. The van der Waals surface area contributed by atoms with E-state index < -0.39 is 0 Å². The standard InChI is InChI=1S/C23H26N2O4.ClH/c1-15-6-4-5-7-16(15)11-20(17-8-9-21(27-2)22(12-17)28-3)25-23(26)18-10-19(13-24)29-14-18;/h4-10,12,14,20H,11,13,24H2,1-3H3,(H,25,26);1H. The Morgan fingerprint density at radius 2 is 1.83 bits per heavy atom. The molecule has 0 fully saturated rings. The number of hydrogen-bond donors (Lipinski definition) is 2. The summed E-state index contributed by atoms with van der Waals surface area (Å²) >= 11 is 0. The number of carbonyl (C=O) groups is 1. The summed E-state index contributed by atoms with van der Waals surface area (Å²) in [5.74, 6) is 1.60. The minimum atomic E-state index is -0.264. The van der Waals surface area contributed by atoms with Gasteiger partial charge in [0.05, 0.1) is 32.4 Å². The third-order valence-corrected chi connectivity index (χ3v) is 4.92. The molecular weight excluding hydrogens is 404 g/mol. The van der Waals surface area contributed by atoms with Crippen LogP contribution in [-0.4, -0.2) is 20.1 Å². The van der Waals surface area contributed by atoms with E-state index in [4.69, 9.17) is 19.6 Å². The van der Waals surface area contributed by atoms with Crippen LogP contribution in [0.1, 0.15) is 38.9 Å². The van der Waals surface area contributed by atoms with Crippen molar-refractivity contribution in [2.75, 3.05) is 14.2 Å². The van der Waals surface area contributed by atoms with Gasteiger partial charge in [-0.2, -0.15) is 0 Å². The predicted molar refractivity (Wildman–Crippen MR) is 118 cm³/mol. The number of nitrogens with two attached hydrogens (primary N) is 1. The van der Waals surface area contributed by atoms with Crippen LogP contribution >= 0.6 is 12.4 Å². The van der Waals surface area contributed by atoms with Crippen LogP contribution in [-0.2, 0) is 13.0 Å². The molecule has 1 unspecified atom stereocenters. The van der Waals surface area contributed by atoms with Crippen LogP contribution < -0.4 is 20.5 Å². The number of hydrogen-bond acceptors (Lipinski definition) is 5. The predicted octanol–water partition coefficient (Wildman–Crippen LogP) is 4.20. The number of rotatable bonds is 8. The highest BCUT2D eigenvalue weighted by Gasteiger charge is 2.20. The zero-order chi connectivity index (χ0) is 20.8. The monoisotopic (exact) mass is 430 g/mol. The Bertz CT molecular complexity index is 987. The smallest absolute Gasteiger partial charge is 0.255 e. The molecule has 1 heterocycles. The number of benzene rings is 2. The molecule has 30 heavy (non-hydrogen) atoms. The summed E-state index contributed by atoms with van der Waals surface area (Å²) in [4.78, 5) is 12.8. The molecular formula is C23H27ClN2O4. The fourth-order valence-corrected chi connectivity index (χ4v) is 3.23. The quantitative estimate of drug-likeness (QED) is 0.559. The lowest BCUT2D eigenvalue weighted by atomic mass is 9.95. The van der Waals surface area contributed by atoms with Crippen molar-refractivity contribution >= 4 is 18.3 Å². The average Bonchev–Trinajstić information content (AvgIpc) is 3.23. The van der Waals surface area contributed by atoms with Gasteiger partial charge in [0.2, 0.25) is 0 Å². The summed E-state index contributed by atoms with van der Waals surface area (Å²) in [5, 5.41) is 3.12. The van der Waals surface area contributed by atoms with Crippen LogP contribution in [0, 0.1) is 6.92 Å². The minimum absolute atomic E-state index is 0. The lowest BCUT2D eigenvalue weighted by molar-refractivity contribution is 0.0935. The number of aryl methyl sites for hydroxylation is 1. The third-order valence-electron chi connectivity index (χ3n) is 4.92.